The Morgan fingerprint density at radius 1 is 1.08 bits per heavy atom. The van der Waals surface area contributed by atoms with Gasteiger partial charge in [-0.1, -0.05) is 12.1 Å². The molecule has 0 saturated heterocycles. The van der Waals surface area contributed by atoms with Crippen molar-refractivity contribution in [3.8, 4) is 0 Å². The Hall–Kier alpha value is -3.06. The highest BCUT2D eigenvalue weighted by atomic mass is 16.5. The van der Waals surface area contributed by atoms with Crippen LogP contribution in [-0.2, 0) is 4.74 Å². The van der Waals surface area contributed by atoms with Crippen molar-refractivity contribution < 1.29 is 19.1 Å². The third-order valence-electron chi connectivity index (χ3n) is 3.59. The molecule has 2 aromatic rings. The molecular weight excluding hydrogens is 334 g/mol. The minimum atomic E-state index is -0.387. The first-order valence-corrected chi connectivity index (χ1v) is 8.17. The smallest absolute Gasteiger partial charge is 0.269 e. The number of ether oxygens (including phenoxy) is 1. The van der Waals surface area contributed by atoms with E-state index in [0.717, 1.165) is 0 Å². The molecule has 0 spiro atoms. The van der Waals surface area contributed by atoms with E-state index in [0.29, 0.717) is 36.4 Å². The Bertz CT molecular complexity index is 805. The third-order valence-corrected chi connectivity index (χ3v) is 3.59. The largest absolute Gasteiger partial charge is 0.385 e. The van der Waals surface area contributed by atoms with Crippen LogP contribution in [0, 0.1) is 0 Å². The Kier molecular flexibility index (Phi) is 6.99. The summed E-state index contributed by atoms with van der Waals surface area (Å²) in [6, 6.07) is 9.61. The van der Waals surface area contributed by atoms with Crippen molar-refractivity contribution in [1.29, 1.82) is 0 Å². The normalized spacial score (nSPS) is 10.2. The molecule has 0 radical (unpaired) electrons. The summed E-state index contributed by atoms with van der Waals surface area (Å²) < 4.78 is 4.92. The van der Waals surface area contributed by atoms with E-state index in [-0.39, 0.29) is 23.3 Å². The Balaban J connectivity index is 2.04. The number of nitrogens with zero attached hydrogens (tertiary/aromatic N) is 1. The van der Waals surface area contributed by atoms with Gasteiger partial charge in [0.15, 0.2) is 5.78 Å². The van der Waals surface area contributed by atoms with Crippen LogP contribution in [0.25, 0.3) is 0 Å². The monoisotopic (exact) mass is 355 g/mol. The van der Waals surface area contributed by atoms with Crippen LogP contribution in [0.2, 0.25) is 0 Å². The SMILES string of the molecule is COCCCNC(=O)c1cc(C(=O)Nc2cccc(C(C)=O)c2)ccn1. The molecule has 1 aromatic heterocycles. The van der Waals surface area contributed by atoms with Crippen molar-refractivity contribution in [3.05, 3.63) is 59.4 Å². The summed E-state index contributed by atoms with van der Waals surface area (Å²) in [6.07, 6.45) is 2.10. The van der Waals surface area contributed by atoms with Crippen LogP contribution in [0.15, 0.2) is 42.6 Å². The lowest BCUT2D eigenvalue weighted by Gasteiger charge is -2.08. The molecule has 0 atom stereocenters. The first-order valence-electron chi connectivity index (χ1n) is 8.17. The second-order valence-electron chi connectivity index (χ2n) is 5.62. The van der Waals surface area contributed by atoms with Crippen LogP contribution in [0.1, 0.15) is 44.5 Å². The van der Waals surface area contributed by atoms with Gasteiger partial charge in [-0.15, -0.1) is 0 Å². The van der Waals surface area contributed by atoms with Crippen LogP contribution in [0.5, 0.6) is 0 Å². The summed E-state index contributed by atoms with van der Waals surface area (Å²) in [5, 5.41) is 5.43. The summed E-state index contributed by atoms with van der Waals surface area (Å²) in [4.78, 5) is 39.9. The molecule has 26 heavy (non-hydrogen) atoms. The molecule has 1 aromatic carbocycles. The van der Waals surface area contributed by atoms with Gasteiger partial charge in [0.25, 0.3) is 11.8 Å². The molecule has 7 heteroatoms. The lowest BCUT2D eigenvalue weighted by molar-refractivity contribution is 0.0942. The van der Waals surface area contributed by atoms with E-state index in [4.69, 9.17) is 4.74 Å². The quantitative estimate of drug-likeness (QED) is 0.559. The van der Waals surface area contributed by atoms with Gasteiger partial charge < -0.3 is 15.4 Å². The second kappa shape index (κ2) is 9.43. The third kappa shape index (κ3) is 5.49. The topological polar surface area (TPSA) is 97.4 Å². The number of carbonyl (C=O) groups excluding carboxylic acids is 3. The maximum absolute atomic E-state index is 12.4. The van der Waals surface area contributed by atoms with Gasteiger partial charge in [0, 0.05) is 43.3 Å². The number of pyridine rings is 1. The predicted octanol–water partition coefficient (Wildman–Crippen LogP) is 2.30. The highest BCUT2D eigenvalue weighted by Gasteiger charge is 2.12. The molecule has 0 aliphatic heterocycles. The van der Waals surface area contributed by atoms with Gasteiger partial charge in [-0.3, -0.25) is 19.4 Å². The van der Waals surface area contributed by atoms with E-state index in [1.807, 2.05) is 0 Å². The number of aromatic nitrogens is 1. The first kappa shape index (κ1) is 19.3. The van der Waals surface area contributed by atoms with Gasteiger partial charge in [-0.2, -0.15) is 0 Å². The van der Waals surface area contributed by atoms with Crippen LogP contribution in [-0.4, -0.2) is 42.8 Å². The molecule has 2 rings (SSSR count). The highest BCUT2D eigenvalue weighted by molar-refractivity contribution is 6.06. The zero-order valence-electron chi connectivity index (χ0n) is 14.7. The number of carbonyl (C=O) groups is 3. The van der Waals surface area contributed by atoms with Crippen molar-refractivity contribution in [2.24, 2.45) is 0 Å². The fourth-order valence-corrected chi connectivity index (χ4v) is 2.22. The predicted molar refractivity (Wildman–Crippen MR) is 97.5 cm³/mol. The summed E-state index contributed by atoms with van der Waals surface area (Å²) >= 11 is 0. The summed E-state index contributed by atoms with van der Waals surface area (Å²) in [6.45, 7) is 2.47. The Morgan fingerprint density at radius 2 is 1.88 bits per heavy atom. The van der Waals surface area contributed by atoms with Crippen LogP contribution in [0.3, 0.4) is 0 Å². The van der Waals surface area contributed by atoms with E-state index in [1.54, 1.807) is 31.4 Å². The van der Waals surface area contributed by atoms with E-state index in [2.05, 4.69) is 15.6 Å². The van der Waals surface area contributed by atoms with Gasteiger partial charge in [-0.25, -0.2) is 0 Å². The van der Waals surface area contributed by atoms with Crippen molar-refractivity contribution in [3.63, 3.8) is 0 Å². The Morgan fingerprint density at radius 3 is 2.62 bits per heavy atom. The van der Waals surface area contributed by atoms with Crippen LogP contribution >= 0.6 is 0 Å². The highest BCUT2D eigenvalue weighted by Crippen LogP contribution is 2.13. The maximum atomic E-state index is 12.4. The average Bonchev–Trinajstić information content (AvgIpc) is 2.65. The fraction of sp³-hybridized carbons (Fsp3) is 0.263. The van der Waals surface area contributed by atoms with Crippen molar-refractivity contribution in [1.82, 2.24) is 10.3 Å². The van der Waals surface area contributed by atoms with Crippen molar-refractivity contribution in [2.75, 3.05) is 25.6 Å². The fourth-order valence-electron chi connectivity index (χ4n) is 2.22. The number of benzene rings is 1. The molecule has 0 unspecified atom stereocenters. The van der Waals surface area contributed by atoms with Gasteiger partial charge in [0.1, 0.15) is 5.69 Å². The van der Waals surface area contributed by atoms with Gasteiger partial charge >= 0.3 is 0 Å². The molecule has 2 amide bonds. The van der Waals surface area contributed by atoms with E-state index >= 15 is 0 Å². The van der Waals surface area contributed by atoms with E-state index in [1.165, 1.54) is 25.3 Å². The van der Waals surface area contributed by atoms with E-state index in [9.17, 15) is 14.4 Å². The number of anilines is 1. The molecule has 1 heterocycles. The number of hydrogen-bond donors (Lipinski definition) is 2. The molecular formula is C19H21N3O4. The summed E-state index contributed by atoms with van der Waals surface area (Å²) in [5.74, 6) is -0.826. The number of Topliss-reactive ketones (excluding diaryl/α,β-unsaturated/α-hetero) is 1. The standard InChI is InChI=1S/C19H21N3O4/c1-13(23)14-5-3-6-16(11-14)22-18(24)15-7-9-20-17(12-15)19(25)21-8-4-10-26-2/h3,5-7,9,11-12H,4,8,10H2,1-2H3,(H,21,25)(H,22,24). The van der Waals surface area contributed by atoms with Crippen LogP contribution in [0.4, 0.5) is 5.69 Å². The lowest BCUT2D eigenvalue weighted by atomic mass is 10.1. The first-order chi connectivity index (χ1) is 12.5. The number of hydrogen-bond acceptors (Lipinski definition) is 5. The molecule has 2 N–H and O–H groups in total. The van der Waals surface area contributed by atoms with Crippen molar-refractivity contribution in [2.45, 2.75) is 13.3 Å². The minimum Gasteiger partial charge on any atom is -0.385 e. The number of rotatable bonds is 8. The molecule has 0 aliphatic carbocycles. The molecule has 0 saturated carbocycles. The maximum Gasteiger partial charge on any atom is 0.269 e. The average molecular weight is 355 g/mol. The zero-order chi connectivity index (χ0) is 18.9. The number of ketones is 1. The molecule has 7 nitrogen and oxygen atoms in total. The van der Waals surface area contributed by atoms with Gasteiger partial charge in [-0.05, 0) is 37.6 Å². The number of methoxy groups -OCH3 is 1. The van der Waals surface area contributed by atoms with Crippen molar-refractivity contribution >= 4 is 23.3 Å². The number of nitrogens with one attached hydrogen (secondary N) is 2. The van der Waals surface area contributed by atoms with Gasteiger partial charge in [0.2, 0.25) is 0 Å². The molecule has 0 bridgehead atoms. The van der Waals surface area contributed by atoms with Gasteiger partial charge in [0.05, 0.1) is 0 Å². The molecule has 136 valence electrons. The molecule has 0 fully saturated rings. The summed E-state index contributed by atoms with van der Waals surface area (Å²) in [5.41, 5.74) is 1.47. The van der Waals surface area contributed by atoms with E-state index < -0.39 is 0 Å². The minimum absolute atomic E-state index is 0.0857. The summed E-state index contributed by atoms with van der Waals surface area (Å²) in [7, 11) is 1.59. The zero-order valence-corrected chi connectivity index (χ0v) is 14.7. The Labute approximate surface area is 151 Å². The molecule has 0 aliphatic rings. The second-order valence-corrected chi connectivity index (χ2v) is 5.62. The van der Waals surface area contributed by atoms with Crippen LogP contribution < -0.4 is 10.6 Å². The lowest BCUT2D eigenvalue weighted by Crippen LogP contribution is -2.26. The number of amides is 2.